The van der Waals surface area contributed by atoms with Gasteiger partial charge in [-0.1, -0.05) is 0 Å². The number of carboxylic acid groups (broad SMARTS) is 1. The number of ketones is 1. The first kappa shape index (κ1) is 35.1. The highest BCUT2D eigenvalue weighted by atomic mass is 16.6. The van der Waals surface area contributed by atoms with Crippen molar-refractivity contribution in [3.8, 4) is 11.5 Å². The fraction of sp³-hybridized carbons (Fsp3) is 0.690. The molecule has 252 valence electrons. The third kappa shape index (κ3) is 6.71. The number of carbonyl (C=O) groups is 2. The second kappa shape index (κ2) is 13.5. The van der Waals surface area contributed by atoms with Crippen LogP contribution in [0, 0.1) is 6.92 Å². The lowest BCUT2D eigenvalue weighted by molar-refractivity contribution is -0.232. The first-order valence-corrected chi connectivity index (χ1v) is 14.5. The van der Waals surface area contributed by atoms with E-state index in [1.165, 1.54) is 19.9 Å². The Morgan fingerprint density at radius 1 is 1.13 bits per heavy atom. The van der Waals surface area contributed by atoms with Crippen molar-refractivity contribution in [2.24, 2.45) is 4.99 Å². The Hall–Kier alpha value is -2.77. The number of Topliss-reactive ketones (excluding diaryl/α,β-unsaturated/α-hetero) is 1. The van der Waals surface area contributed by atoms with E-state index < -0.39 is 110 Å². The number of fused-ring (bicyclic) bond motifs is 1. The number of aliphatic hydroxyl groups excluding tert-OH is 8. The molecule has 0 aliphatic carbocycles. The van der Waals surface area contributed by atoms with Crippen LogP contribution < -0.4 is 4.74 Å². The van der Waals surface area contributed by atoms with Gasteiger partial charge in [0.25, 0.3) is 0 Å². The number of ether oxygens (including phenoxy) is 3. The quantitative estimate of drug-likeness (QED) is 0.124. The molecule has 16 heteroatoms. The molecule has 0 amide bonds. The zero-order chi connectivity index (χ0) is 33.5. The minimum Gasteiger partial charge on any atom is -0.507 e. The Morgan fingerprint density at radius 3 is 2.40 bits per heavy atom. The second-order valence-electron chi connectivity index (χ2n) is 12.1. The van der Waals surface area contributed by atoms with E-state index in [2.05, 4.69) is 4.99 Å². The van der Waals surface area contributed by atoms with Crippen molar-refractivity contribution in [2.75, 3.05) is 13.2 Å². The average Bonchev–Trinajstić information content (AvgIpc) is 2.96. The van der Waals surface area contributed by atoms with Crippen LogP contribution in [0.5, 0.6) is 11.5 Å². The zero-order valence-corrected chi connectivity index (χ0v) is 24.9. The van der Waals surface area contributed by atoms with E-state index in [4.69, 9.17) is 14.2 Å². The van der Waals surface area contributed by atoms with Crippen LogP contribution in [-0.4, -0.2) is 148 Å². The number of aliphatic hydroxyl groups is 8. The van der Waals surface area contributed by atoms with E-state index >= 15 is 0 Å². The normalized spacial score (nSPS) is 37.0. The summed E-state index contributed by atoms with van der Waals surface area (Å²) < 4.78 is 17.4. The Kier molecular flexibility index (Phi) is 10.5. The van der Waals surface area contributed by atoms with Gasteiger partial charge in [-0.15, -0.1) is 0 Å². The summed E-state index contributed by atoms with van der Waals surface area (Å²) in [5, 5.41) is 102. The number of hydrogen-bond donors (Lipinski definition) is 10. The van der Waals surface area contributed by atoms with Gasteiger partial charge in [-0.05, 0) is 32.4 Å². The molecule has 0 radical (unpaired) electrons. The summed E-state index contributed by atoms with van der Waals surface area (Å²) in [5.41, 5.74) is -1.39. The molecule has 12 atom stereocenters. The molecule has 0 saturated carbocycles. The van der Waals surface area contributed by atoms with Gasteiger partial charge in [-0.2, -0.15) is 0 Å². The predicted molar refractivity (Wildman–Crippen MR) is 151 cm³/mol. The molecule has 10 N–H and O–H groups in total. The summed E-state index contributed by atoms with van der Waals surface area (Å²) in [6, 6.07) is -0.0120. The Labute approximate surface area is 257 Å². The number of phenolic OH excluding ortho intramolecular Hbond substituents is 1. The molecule has 3 aliphatic rings. The molecule has 3 heterocycles. The van der Waals surface area contributed by atoms with Crippen LogP contribution in [0.1, 0.15) is 60.7 Å². The molecular weight excluding hydrogens is 602 g/mol. The molecule has 16 nitrogen and oxygen atoms in total. The van der Waals surface area contributed by atoms with E-state index in [0.717, 1.165) is 0 Å². The first-order chi connectivity index (χ1) is 21.0. The largest absolute Gasteiger partial charge is 0.507 e. The monoisotopic (exact) mass is 643 g/mol. The zero-order valence-electron chi connectivity index (χ0n) is 24.9. The highest BCUT2D eigenvalue weighted by Gasteiger charge is 2.52. The van der Waals surface area contributed by atoms with Crippen molar-refractivity contribution in [3.05, 3.63) is 22.8 Å². The van der Waals surface area contributed by atoms with Crippen LogP contribution in [0.4, 0.5) is 0 Å². The standard InChI is InChI=1S/C29H41NO15/c1-10-4-13(33)19(26-24(40)23(39)22(38)17(9-32)44-26)25-18(10)14(34)6-12(43-25)5-11(2)30-20-15(35)7-29(3,28(41)42)45-27(20)21(37)16(36)8-31/h4,12,15-17,20-24,26-27,31-33,35-40H,5-9H2,1-3H3,(H,41,42)/t12?,15-,16-,17-,20+,21-,22-,23+,24-,26?,27+,29-/m0/s1. The number of carboxylic acids is 1. The van der Waals surface area contributed by atoms with Gasteiger partial charge in [0.1, 0.15) is 72.5 Å². The molecule has 2 unspecified atom stereocenters. The lowest BCUT2D eigenvalue weighted by Crippen LogP contribution is -2.61. The highest BCUT2D eigenvalue weighted by Crippen LogP contribution is 2.47. The van der Waals surface area contributed by atoms with E-state index in [9.17, 15) is 60.7 Å². The Bertz CT molecular complexity index is 1300. The van der Waals surface area contributed by atoms with Crippen molar-refractivity contribution >= 4 is 17.5 Å². The SMILES string of the molecule is CC(CC1CC(=O)c2c(C)cc(O)c(C3O[C@@H](CO)[C@H](O)[C@@H](O)[C@@H]3O)c2O1)=N[C@H]1[C@H]([C@@H](O)[C@@H](O)CO)O[C@](C)(C(=O)O)C[C@@H]1O. The number of nitrogens with zero attached hydrogens (tertiary/aromatic N) is 1. The van der Waals surface area contributed by atoms with E-state index in [1.807, 2.05) is 0 Å². The number of rotatable bonds is 9. The number of aryl methyl sites for hydroxylation is 1. The van der Waals surface area contributed by atoms with E-state index in [1.54, 1.807) is 6.92 Å². The summed E-state index contributed by atoms with van der Waals surface area (Å²) in [6.07, 6.45) is -16.1. The maximum atomic E-state index is 13.4. The molecule has 3 aliphatic heterocycles. The summed E-state index contributed by atoms with van der Waals surface area (Å²) in [4.78, 5) is 29.6. The minimum atomic E-state index is -1.93. The number of hydrogen-bond acceptors (Lipinski definition) is 15. The van der Waals surface area contributed by atoms with Gasteiger partial charge < -0.3 is 65.3 Å². The maximum Gasteiger partial charge on any atom is 0.335 e. The van der Waals surface area contributed by atoms with Gasteiger partial charge in [0, 0.05) is 25.0 Å². The fourth-order valence-corrected chi connectivity index (χ4v) is 6.19. The predicted octanol–water partition coefficient (Wildman–Crippen LogP) is -2.52. The minimum absolute atomic E-state index is 0.0568. The van der Waals surface area contributed by atoms with Crippen molar-refractivity contribution < 1.29 is 74.9 Å². The van der Waals surface area contributed by atoms with Crippen LogP contribution in [0.25, 0.3) is 0 Å². The van der Waals surface area contributed by atoms with Crippen molar-refractivity contribution in [1.82, 2.24) is 0 Å². The van der Waals surface area contributed by atoms with E-state index in [-0.39, 0.29) is 35.4 Å². The second-order valence-corrected chi connectivity index (χ2v) is 12.1. The average molecular weight is 644 g/mol. The molecule has 1 aromatic carbocycles. The van der Waals surface area contributed by atoms with Gasteiger partial charge in [0.05, 0.1) is 30.4 Å². The summed E-state index contributed by atoms with van der Waals surface area (Å²) in [5.74, 6) is -2.38. The molecule has 1 aromatic rings. The number of aliphatic imine (C=N–C) groups is 1. The van der Waals surface area contributed by atoms with Crippen molar-refractivity contribution in [3.63, 3.8) is 0 Å². The molecule has 45 heavy (non-hydrogen) atoms. The van der Waals surface area contributed by atoms with Gasteiger partial charge in [-0.25, -0.2) is 4.79 Å². The van der Waals surface area contributed by atoms with Gasteiger partial charge in [0.15, 0.2) is 11.4 Å². The molecule has 0 spiro atoms. The molecule has 0 bridgehead atoms. The Morgan fingerprint density at radius 2 is 1.80 bits per heavy atom. The summed E-state index contributed by atoms with van der Waals surface area (Å²) in [6.45, 7) is 2.68. The van der Waals surface area contributed by atoms with Crippen molar-refractivity contribution in [2.45, 2.75) is 113 Å². The third-order valence-corrected chi connectivity index (χ3v) is 8.64. The molecular formula is C29H41NO15. The lowest BCUT2D eigenvalue weighted by Gasteiger charge is -2.44. The topological polar surface area (TPSA) is 276 Å². The van der Waals surface area contributed by atoms with Gasteiger partial charge >= 0.3 is 5.97 Å². The maximum absolute atomic E-state index is 13.4. The smallest absolute Gasteiger partial charge is 0.335 e. The van der Waals surface area contributed by atoms with Crippen LogP contribution in [0.3, 0.4) is 0 Å². The van der Waals surface area contributed by atoms with Gasteiger partial charge in [-0.3, -0.25) is 9.79 Å². The molecule has 4 rings (SSSR count). The van der Waals surface area contributed by atoms with Crippen LogP contribution in [-0.2, 0) is 14.3 Å². The first-order valence-electron chi connectivity index (χ1n) is 14.5. The van der Waals surface area contributed by atoms with Crippen LogP contribution >= 0.6 is 0 Å². The number of aliphatic carboxylic acids is 1. The van der Waals surface area contributed by atoms with Crippen molar-refractivity contribution in [1.29, 1.82) is 0 Å². The molecule has 0 aromatic heterocycles. The highest BCUT2D eigenvalue weighted by molar-refractivity contribution is 6.02. The van der Waals surface area contributed by atoms with Gasteiger partial charge in [0.2, 0.25) is 0 Å². The summed E-state index contributed by atoms with van der Waals surface area (Å²) >= 11 is 0. The third-order valence-electron chi connectivity index (χ3n) is 8.64. The number of phenols is 1. The van der Waals surface area contributed by atoms with E-state index in [0.29, 0.717) is 5.56 Å². The van der Waals surface area contributed by atoms with Crippen LogP contribution in [0.2, 0.25) is 0 Å². The summed E-state index contributed by atoms with van der Waals surface area (Å²) in [7, 11) is 0. The van der Waals surface area contributed by atoms with Crippen LogP contribution in [0.15, 0.2) is 11.1 Å². The molecule has 2 saturated heterocycles. The Balaban J connectivity index is 1.65. The number of benzene rings is 1. The molecule has 2 fully saturated rings. The lowest BCUT2D eigenvalue weighted by atomic mass is 9.84. The number of aromatic hydroxyl groups is 1. The number of carbonyl (C=O) groups excluding carboxylic acids is 1. The fourth-order valence-electron chi connectivity index (χ4n) is 6.19.